The zero-order chi connectivity index (χ0) is 19.2. The molecule has 2 rings (SSSR count). The van der Waals surface area contributed by atoms with Crippen LogP contribution >= 0.6 is 34.8 Å². The minimum atomic E-state index is -1.71. The van der Waals surface area contributed by atoms with Crippen molar-refractivity contribution in [2.24, 2.45) is 0 Å². The normalized spacial score (nSPS) is 22.5. The maximum atomic E-state index is 12.9. The predicted molar refractivity (Wildman–Crippen MR) is 102 cm³/mol. The summed E-state index contributed by atoms with van der Waals surface area (Å²) >= 11 is 16.8. The number of amides is 1. The first-order valence-electron chi connectivity index (χ1n) is 8.19. The quantitative estimate of drug-likeness (QED) is 0.438. The van der Waals surface area contributed by atoms with E-state index in [0.717, 1.165) is 5.56 Å². The second kappa shape index (κ2) is 8.98. The number of hydrogen-bond donors (Lipinski definition) is 1. The Balaban J connectivity index is 2.31. The van der Waals surface area contributed by atoms with Crippen LogP contribution in [0.5, 0.6) is 0 Å². The predicted octanol–water partition coefficient (Wildman–Crippen LogP) is 4.30. The maximum Gasteiger partial charge on any atom is 0.407 e. The lowest BCUT2D eigenvalue weighted by Crippen LogP contribution is -2.56. The molecular weight excluding hydrogens is 401 g/mol. The van der Waals surface area contributed by atoms with Gasteiger partial charge in [0.1, 0.15) is 12.0 Å². The van der Waals surface area contributed by atoms with Gasteiger partial charge in [-0.15, -0.1) is 0 Å². The van der Waals surface area contributed by atoms with E-state index < -0.39 is 33.9 Å². The molecule has 0 heterocycles. The Labute approximate surface area is 167 Å². The third-order valence-electron chi connectivity index (χ3n) is 4.13. The third kappa shape index (κ3) is 5.06. The second-order valence-corrected chi connectivity index (χ2v) is 8.35. The van der Waals surface area contributed by atoms with Crippen LogP contribution in [0.2, 0.25) is 0 Å². The minimum absolute atomic E-state index is 0.238. The molecule has 142 valence electrons. The number of benzene rings is 1. The van der Waals surface area contributed by atoms with Crippen LogP contribution in [0.3, 0.4) is 0 Å². The van der Waals surface area contributed by atoms with Crippen molar-refractivity contribution in [3.63, 3.8) is 0 Å². The fourth-order valence-corrected chi connectivity index (χ4v) is 3.18. The van der Waals surface area contributed by atoms with Gasteiger partial charge in [-0.1, -0.05) is 77.3 Å². The Kier molecular flexibility index (Phi) is 7.21. The van der Waals surface area contributed by atoms with Crippen molar-refractivity contribution in [1.29, 1.82) is 0 Å². The zero-order valence-corrected chi connectivity index (χ0v) is 16.5. The van der Waals surface area contributed by atoms with Gasteiger partial charge in [0, 0.05) is 0 Å². The molecule has 1 N–H and O–H groups in total. The number of nitrogens with one attached hydrogen (secondary N) is 1. The molecule has 0 saturated heterocycles. The molecule has 5 nitrogen and oxygen atoms in total. The lowest BCUT2D eigenvalue weighted by atomic mass is 9.68. The van der Waals surface area contributed by atoms with Crippen LogP contribution in [-0.4, -0.2) is 35.1 Å². The monoisotopic (exact) mass is 419 g/mol. The van der Waals surface area contributed by atoms with Gasteiger partial charge in [-0.25, -0.2) is 4.79 Å². The number of hydrogen-bond acceptors (Lipinski definition) is 4. The molecule has 1 aromatic rings. The largest absolute Gasteiger partial charge is 0.465 e. The van der Waals surface area contributed by atoms with Gasteiger partial charge in [0.05, 0.1) is 12.6 Å². The summed E-state index contributed by atoms with van der Waals surface area (Å²) in [5, 5.41) is 2.70. The summed E-state index contributed by atoms with van der Waals surface area (Å²) in [6.07, 6.45) is 4.05. The SMILES string of the molecule is CCOC(=O)[C@]1(c2ccccc2)CCC=C[C@@H]1NC(=O)OCC(Cl)(Cl)Cl. The van der Waals surface area contributed by atoms with E-state index in [2.05, 4.69) is 5.32 Å². The number of halogens is 3. The van der Waals surface area contributed by atoms with Crippen molar-refractivity contribution >= 4 is 46.9 Å². The molecule has 0 fully saturated rings. The van der Waals surface area contributed by atoms with Crippen molar-refractivity contribution in [1.82, 2.24) is 5.32 Å². The Bertz CT molecular complexity index is 660. The molecule has 26 heavy (non-hydrogen) atoms. The average molecular weight is 421 g/mol. The Hall–Kier alpha value is -1.43. The molecule has 0 saturated carbocycles. The first-order valence-corrected chi connectivity index (χ1v) is 9.32. The highest BCUT2D eigenvalue weighted by Crippen LogP contribution is 2.38. The minimum Gasteiger partial charge on any atom is -0.465 e. The molecule has 1 amide bonds. The van der Waals surface area contributed by atoms with Gasteiger partial charge in [-0.05, 0) is 25.3 Å². The highest BCUT2D eigenvalue weighted by atomic mass is 35.6. The summed E-state index contributed by atoms with van der Waals surface area (Å²) in [5.41, 5.74) is -0.292. The number of alkyl halides is 3. The molecule has 0 aliphatic heterocycles. The van der Waals surface area contributed by atoms with Gasteiger partial charge in [0.2, 0.25) is 3.79 Å². The van der Waals surface area contributed by atoms with E-state index >= 15 is 0 Å². The van der Waals surface area contributed by atoms with Crippen LogP contribution in [0.15, 0.2) is 42.5 Å². The number of allylic oxidation sites excluding steroid dienone is 1. The molecule has 0 aromatic heterocycles. The fourth-order valence-electron chi connectivity index (χ4n) is 3.02. The van der Waals surface area contributed by atoms with Crippen LogP contribution in [0, 0.1) is 0 Å². The van der Waals surface area contributed by atoms with E-state index in [-0.39, 0.29) is 6.61 Å². The van der Waals surface area contributed by atoms with Crippen molar-refractivity contribution in [2.75, 3.05) is 13.2 Å². The second-order valence-electron chi connectivity index (χ2n) is 5.84. The number of carbonyl (C=O) groups excluding carboxylic acids is 2. The van der Waals surface area contributed by atoms with Crippen molar-refractivity contribution in [2.45, 2.75) is 35.0 Å². The topological polar surface area (TPSA) is 64.6 Å². The molecular formula is C18H20Cl3NO4. The van der Waals surface area contributed by atoms with Crippen LogP contribution < -0.4 is 5.32 Å². The number of ether oxygens (including phenoxy) is 2. The van der Waals surface area contributed by atoms with Crippen molar-refractivity contribution in [3.05, 3.63) is 48.0 Å². The van der Waals surface area contributed by atoms with Crippen LogP contribution in [0.25, 0.3) is 0 Å². The summed E-state index contributed by atoms with van der Waals surface area (Å²) in [7, 11) is 0. The molecule has 0 bridgehead atoms. The fraction of sp³-hybridized carbons (Fsp3) is 0.444. The van der Waals surface area contributed by atoms with Crippen molar-refractivity contribution in [3.8, 4) is 0 Å². The molecule has 0 radical (unpaired) electrons. The lowest BCUT2D eigenvalue weighted by molar-refractivity contribution is -0.151. The zero-order valence-electron chi connectivity index (χ0n) is 14.2. The van der Waals surface area contributed by atoms with Crippen LogP contribution in [0.1, 0.15) is 25.3 Å². The maximum absolute atomic E-state index is 12.9. The third-order valence-corrected chi connectivity index (χ3v) is 4.46. The van der Waals surface area contributed by atoms with Crippen LogP contribution in [-0.2, 0) is 19.7 Å². The van der Waals surface area contributed by atoms with E-state index in [0.29, 0.717) is 12.8 Å². The standard InChI is InChI=1S/C18H20Cl3NO4/c1-2-25-15(23)17(13-8-4-3-5-9-13)11-7-6-10-14(17)22-16(24)26-12-18(19,20)21/h3-6,8-10,14H,2,7,11-12H2,1H3,(H,22,24)/t14-,17-/m0/s1. The first kappa shape index (κ1) is 20.9. The summed E-state index contributed by atoms with van der Waals surface area (Å²) in [5.74, 6) is -0.401. The Morgan fingerprint density at radius 2 is 1.92 bits per heavy atom. The van der Waals surface area contributed by atoms with E-state index in [1.807, 2.05) is 36.4 Å². The molecule has 0 unspecified atom stereocenters. The van der Waals surface area contributed by atoms with Gasteiger partial charge in [-0.2, -0.15) is 0 Å². The molecule has 1 aliphatic carbocycles. The first-order chi connectivity index (χ1) is 12.3. The van der Waals surface area contributed by atoms with Gasteiger partial charge < -0.3 is 14.8 Å². The van der Waals surface area contributed by atoms with Crippen molar-refractivity contribution < 1.29 is 19.1 Å². The van der Waals surface area contributed by atoms with Crippen LogP contribution in [0.4, 0.5) is 4.79 Å². The van der Waals surface area contributed by atoms with Gasteiger partial charge >= 0.3 is 12.1 Å². The molecule has 1 aliphatic rings. The molecule has 2 atom stereocenters. The Morgan fingerprint density at radius 3 is 2.54 bits per heavy atom. The molecule has 1 aromatic carbocycles. The smallest absolute Gasteiger partial charge is 0.407 e. The van der Waals surface area contributed by atoms with E-state index in [4.69, 9.17) is 44.3 Å². The van der Waals surface area contributed by atoms with Gasteiger partial charge in [-0.3, -0.25) is 4.79 Å². The summed E-state index contributed by atoms with van der Waals surface area (Å²) < 4.78 is 8.57. The summed E-state index contributed by atoms with van der Waals surface area (Å²) in [6, 6.07) is 8.58. The highest BCUT2D eigenvalue weighted by molar-refractivity contribution is 6.67. The van der Waals surface area contributed by atoms with E-state index in [9.17, 15) is 9.59 Å². The summed E-state index contributed by atoms with van der Waals surface area (Å²) in [4.78, 5) is 25.1. The number of carbonyl (C=O) groups is 2. The lowest BCUT2D eigenvalue weighted by Gasteiger charge is -2.39. The van der Waals surface area contributed by atoms with Gasteiger partial charge in [0.15, 0.2) is 0 Å². The Morgan fingerprint density at radius 1 is 1.23 bits per heavy atom. The molecule has 0 spiro atoms. The number of rotatable bonds is 5. The van der Waals surface area contributed by atoms with E-state index in [1.165, 1.54) is 0 Å². The number of esters is 1. The summed E-state index contributed by atoms with van der Waals surface area (Å²) in [6.45, 7) is 1.58. The van der Waals surface area contributed by atoms with Gasteiger partial charge in [0.25, 0.3) is 0 Å². The van der Waals surface area contributed by atoms with E-state index in [1.54, 1.807) is 13.0 Å². The number of alkyl carbamates (subject to hydrolysis) is 1. The average Bonchev–Trinajstić information content (AvgIpc) is 2.61. The highest BCUT2D eigenvalue weighted by Gasteiger charge is 2.49. The molecule has 8 heteroatoms.